The molecule has 0 spiro atoms. The molecular weight excluding hydrogens is 302 g/mol. The van der Waals surface area contributed by atoms with Crippen molar-refractivity contribution < 1.29 is 14.3 Å². The molecular formula is C20H23NO3. The Bertz CT molecular complexity index is 737. The Balaban J connectivity index is 1.97. The molecule has 0 saturated heterocycles. The topological polar surface area (TPSA) is 55.4 Å². The van der Waals surface area contributed by atoms with E-state index < -0.39 is 0 Å². The number of anilines is 1. The first-order valence-corrected chi connectivity index (χ1v) is 8.10. The van der Waals surface area contributed by atoms with E-state index in [0.717, 1.165) is 23.2 Å². The van der Waals surface area contributed by atoms with Gasteiger partial charge in [0.2, 0.25) is 5.91 Å². The van der Waals surface area contributed by atoms with E-state index in [1.165, 1.54) is 0 Å². The molecule has 1 amide bonds. The first-order chi connectivity index (χ1) is 11.5. The van der Waals surface area contributed by atoms with Gasteiger partial charge in [0.15, 0.2) is 5.78 Å². The second-order valence-corrected chi connectivity index (χ2v) is 5.67. The number of aryl methyl sites for hydroxylation is 2. The van der Waals surface area contributed by atoms with E-state index in [1.54, 1.807) is 31.4 Å². The number of amides is 1. The molecule has 0 unspecified atom stereocenters. The average molecular weight is 325 g/mol. The van der Waals surface area contributed by atoms with Crippen molar-refractivity contribution in [3.63, 3.8) is 0 Å². The maximum absolute atomic E-state index is 12.2. The first kappa shape index (κ1) is 17.7. The van der Waals surface area contributed by atoms with Crippen molar-refractivity contribution in [3.8, 4) is 5.75 Å². The third kappa shape index (κ3) is 4.44. The van der Waals surface area contributed by atoms with Gasteiger partial charge >= 0.3 is 0 Å². The Kier molecular flexibility index (Phi) is 6.13. The molecule has 0 aliphatic rings. The predicted octanol–water partition coefficient (Wildman–Crippen LogP) is 4.17. The van der Waals surface area contributed by atoms with Crippen LogP contribution in [0.5, 0.6) is 5.75 Å². The fourth-order valence-electron chi connectivity index (χ4n) is 2.57. The molecule has 4 nitrogen and oxygen atoms in total. The standard InChI is InChI=1S/C20H23NO3/c1-4-15-8-5-7-14(2)20(15)21-19(23)12-11-18(22)16-9-6-10-17(13-16)24-3/h5-10,13H,4,11-12H2,1-3H3,(H,21,23). The summed E-state index contributed by atoms with van der Waals surface area (Å²) in [5.41, 5.74) is 3.55. The van der Waals surface area contributed by atoms with Crippen molar-refractivity contribution in [2.45, 2.75) is 33.1 Å². The molecule has 0 atom stereocenters. The third-order valence-corrected chi connectivity index (χ3v) is 3.98. The number of methoxy groups -OCH3 is 1. The lowest BCUT2D eigenvalue weighted by atomic mass is 10.0. The minimum absolute atomic E-state index is 0.0652. The highest BCUT2D eigenvalue weighted by molar-refractivity contribution is 6.00. The molecule has 0 radical (unpaired) electrons. The highest BCUT2D eigenvalue weighted by Gasteiger charge is 2.12. The van der Waals surface area contributed by atoms with Crippen molar-refractivity contribution in [1.82, 2.24) is 0 Å². The molecule has 1 N–H and O–H groups in total. The Morgan fingerprint density at radius 3 is 2.54 bits per heavy atom. The van der Waals surface area contributed by atoms with Crippen LogP contribution in [0.25, 0.3) is 0 Å². The molecule has 0 heterocycles. The average Bonchev–Trinajstić information content (AvgIpc) is 2.61. The minimum atomic E-state index is -0.143. The number of ketones is 1. The number of para-hydroxylation sites is 1. The first-order valence-electron chi connectivity index (χ1n) is 8.10. The molecule has 0 aliphatic carbocycles. The van der Waals surface area contributed by atoms with Gasteiger partial charge in [-0.3, -0.25) is 9.59 Å². The lowest BCUT2D eigenvalue weighted by Gasteiger charge is -2.12. The molecule has 0 bridgehead atoms. The van der Waals surface area contributed by atoms with Crippen LogP contribution in [0.3, 0.4) is 0 Å². The van der Waals surface area contributed by atoms with Gasteiger partial charge in [0, 0.05) is 24.1 Å². The molecule has 0 fully saturated rings. The number of carbonyl (C=O) groups is 2. The van der Waals surface area contributed by atoms with Crippen molar-refractivity contribution in [1.29, 1.82) is 0 Å². The summed E-state index contributed by atoms with van der Waals surface area (Å²) in [7, 11) is 1.56. The van der Waals surface area contributed by atoms with Crippen molar-refractivity contribution in [3.05, 3.63) is 59.2 Å². The largest absolute Gasteiger partial charge is 0.497 e. The lowest BCUT2D eigenvalue weighted by molar-refractivity contribution is -0.116. The van der Waals surface area contributed by atoms with Gasteiger partial charge in [0.25, 0.3) is 0 Å². The summed E-state index contributed by atoms with van der Waals surface area (Å²) in [5, 5.41) is 2.94. The molecule has 0 aliphatic heterocycles. The van der Waals surface area contributed by atoms with E-state index in [0.29, 0.717) is 11.3 Å². The van der Waals surface area contributed by atoms with E-state index in [-0.39, 0.29) is 24.5 Å². The molecule has 126 valence electrons. The van der Waals surface area contributed by atoms with Gasteiger partial charge in [-0.05, 0) is 36.6 Å². The van der Waals surface area contributed by atoms with Crippen LogP contribution in [0.2, 0.25) is 0 Å². The summed E-state index contributed by atoms with van der Waals surface area (Å²) < 4.78 is 5.12. The number of hydrogen-bond donors (Lipinski definition) is 1. The number of benzene rings is 2. The molecule has 2 rings (SSSR count). The molecule has 24 heavy (non-hydrogen) atoms. The molecule has 0 aromatic heterocycles. The Morgan fingerprint density at radius 2 is 1.83 bits per heavy atom. The van der Waals surface area contributed by atoms with E-state index in [9.17, 15) is 9.59 Å². The van der Waals surface area contributed by atoms with Crippen LogP contribution in [-0.2, 0) is 11.2 Å². The van der Waals surface area contributed by atoms with Gasteiger partial charge in [-0.25, -0.2) is 0 Å². The van der Waals surface area contributed by atoms with Crippen LogP contribution in [0.15, 0.2) is 42.5 Å². The lowest BCUT2D eigenvalue weighted by Crippen LogP contribution is -2.15. The fraction of sp³-hybridized carbons (Fsp3) is 0.300. The number of ether oxygens (including phenoxy) is 1. The zero-order valence-electron chi connectivity index (χ0n) is 14.4. The predicted molar refractivity (Wildman–Crippen MR) is 95.7 cm³/mol. The number of hydrogen-bond acceptors (Lipinski definition) is 3. The van der Waals surface area contributed by atoms with Crippen molar-refractivity contribution >= 4 is 17.4 Å². The second-order valence-electron chi connectivity index (χ2n) is 5.67. The van der Waals surface area contributed by atoms with Crippen LogP contribution in [0.4, 0.5) is 5.69 Å². The highest BCUT2D eigenvalue weighted by atomic mass is 16.5. The molecule has 0 saturated carbocycles. The summed E-state index contributed by atoms with van der Waals surface area (Å²) in [6.45, 7) is 4.02. The van der Waals surface area contributed by atoms with Gasteiger partial charge in [0.1, 0.15) is 5.75 Å². The van der Waals surface area contributed by atoms with Gasteiger partial charge in [-0.15, -0.1) is 0 Å². The van der Waals surface area contributed by atoms with Crippen LogP contribution in [0, 0.1) is 6.92 Å². The second kappa shape index (κ2) is 8.29. The normalized spacial score (nSPS) is 10.3. The van der Waals surface area contributed by atoms with Gasteiger partial charge in [0.05, 0.1) is 7.11 Å². The van der Waals surface area contributed by atoms with Gasteiger partial charge in [-0.1, -0.05) is 37.3 Å². The quantitative estimate of drug-likeness (QED) is 0.777. The van der Waals surface area contributed by atoms with Gasteiger partial charge < -0.3 is 10.1 Å². The molecule has 4 heteroatoms. The van der Waals surface area contributed by atoms with E-state index in [2.05, 4.69) is 12.2 Å². The summed E-state index contributed by atoms with van der Waals surface area (Å²) >= 11 is 0. The fourth-order valence-corrected chi connectivity index (χ4v) is 2.57. The number of rotatable bonds is 7. The van der Waals surface area contributed by atoms with E-state index in [4.69, 9.17) is 4.74 Å². The highest BCUT2D eigenvalue weighted by Crippen LogP contribution is 2.21. The third-order valence-electron chi connectivity index (χ3n) is 3.98. The van der Waals surface area contributed by atoms with Crippen molar-refractivity contribution in [2.75, 3.05) is 12.4 Å². The van der Waals surface area contributed by atoms with Crippen LogP contribution in [0.1, 0.15) is 41.3 Å². The number of carbonyl (C=O) groups excluding carboxylic acids is 2. The monoisotopic (exact) mass is 325 g/mol. The van der Waals surface area contributed by atoms with Gasteiger partial charge in [-0.2, -0.15) is 0 Å². The van der Waals surface area contributed by atoms with Crippen LogP contribution < -0.4 is 10.1 Å². The van der Waals surface area contributed by atoms with E-state index in [1.807, 2.05) is 25.1 Å². The molecule has 2 aromatic carbocycles. The van der Waals surface area contributed by atoms with Crippen LogP contribution >= 0.6 is 0 Å². The van der Waals surface area contributed by atoms with Crippen LogP contribution in [-0.4, -0.2) is 18.8 Å². The zero-order valence-corrected chi connectivity index (χ0v) is 14.4. The number of nitrogens with one attached hydrogen (secondary N) is 1. The molecule has 2 aromatic rings. The number of Topliss-reactive ketones (excluding diaryl/α,β-unsaturated/α-hetero) is 1. The van der Waals surface area contributed by atoms with E-state index >= 15 is 0 Å². The minimum Gasteiger partial charge on any atom is -0.497 e. The summed E-state index contributed by atoms with van der Waals surface area (Å²) in [4.78, 5) is 24.4. The Labute approximate surface area is 142 Å². The Hall–Kier alpha value is -2.62. The SMILES string of the molecule is CCc1cccc(C)c1NC(=O)CCC(=O)c1cccc(OC)c1. The summed E-state index contributed by atoms with van der Waals surface area (Å²) in [5.74, 6) is 0.428. The summed E-state index contributed by atoms with van der Waals surface area (Å²) in [6, 6.07) is 12.9. The smallest absolute Gasteiger partial charge is 0.224 e. The maximum Gasteiger partial charge on any atom is 0.224 e. The maximum atomic E-state index is 12.2. The summed E-state index contributed by atoms with van der Waals surface area (Å²) in [6.07, 6.45) is 1.18. The van der Waals surface area contributed by atoms with Crippen molar-refractivity contribution in [2.24, 2.45) is 0 Å². The zero-order chi connectivity index (χ0) is 17.5. The Morgan fingerprint density at radius 1 is 1.08 bits per heavy atom.